The molecule has 2 aromatic carbocycles. The minimum atomic E-state index is -3.95. The van der Waals surface area contributed by atoms with E-state index in [0.717, 1.165) is 16.8 Å². The third kappa shape index (κ3) is 5.45. The number of hydrogen-bond donors (Lipinski definition) is 2. The first-order chi connectivity index (χ1) is 15.4. The summed E-state index contributed by atoms with van der Waals surface area (Å²) in [7, 11) is -3.95. The molecule has 0 aliphatic carbocycles. The molecule has 0 unspecified atom stereocenters. The number of benzene rings is 2. The first kappa shape index (κ1) is 24.9. The molecule has 0 radical (unpaired) electrons. The van der Waals surface area contributed by atoms with Crippen molar-refractivity contribution in [1.82, 2.24) is 4.72 Å². The average molecular weight is 472 g/mol. The molecular formula is C25H33N3O4S. The Morgan fingerprint density at radius 2 is 1.67 bits per heavy atom. The zero-order chi connectivity index (χ0) is 24.5. The molecule has 0 saturated carbocycles. The van der Waals surface area contributed by atoms with E-state index >= 15 is 0 Å². The highest BCUT2D eigenvalue weighted by molar-refractivity contribution is 7.89. The van der Waals surface area contributed by atoms with Crippen molar-refractivity contribution in [1.29, 1.82) is 0 Å². The van der Waals surface area contributed by atoms with Gasteiger partial charge in [-0.05, 0) is 66.6 Å². The summed E-state index contributed by atoms with van der Waals surface area (Å²) in [4.78, 5) is 26.7. The number of carbonyl (C=O) groups is 2. The van der Waals surface area contributed by atoms with Crippen molar-refractivity contribution in [3.8, 4) is 0 Å². The van der Waals surface area contributed by atoms with Crippen LogP contribution in [0.5, 0.6) is 0 Å². The van der Waals surface area contributed by atoms with Crippen LogP contribution in [0.3, 0.4) is 0 Å². The predicted octanol–water partition coefficient (Wildman–Crippen LogP) is 4.05. The Balaban J connectivity index is 1.79. The lowest BCUT2D eigenvalue weighted by atomic mass is 10.0. The van der Waals surface area contributed by atoms with E-state index in [1.165, 1.54) is 13.0 Å². The smallest absolute Gasteiger partial charge is 0.242 e. The molecule has 2 amide bonds. The topological polar surface area (TPSA) is 95.6 Å². The van der Waals surface area contributed by atoms with Crippen LogP contribution in [0.1, 0.15) is 58.6 Å². The fourth-order valence-electron chi connectivity index (χ4n) is 4.15. The normalized spacial score (nSPS) is 16.7. The first-order valence-corrected chi connectivity index (χ1v) is 12.7. The largest absolute Gasteiger partial charge is 0.325 e. The third-order valence-electron chi connectivity index (χ3n) is 5.99. The van der Waals surface area contributed by atoms with E-state index in [2.05, 4.69) is 23.9 Å². The van der Waals surface area contributed by atoms with Gasteiger partial charge in [0.2, 0.25) is 21.8 Å². The molecule has 33 heavy (non-hydrogen) atoms. The molecule has 178 valence electrons. The van der Waals surface area contributed by atoms with Crippen molar-refractivity contribution in [2.45, 2.75) is 70.9 Å². The maximum absolute atomic E-state index is 13.1. The van der Waals surface area contributed by atoms with Gasteiger partial charge in [0.05, 0.1) is 4.90 Å². The van der Waals surface area contributed by atoms with Crippen molar-refractivity contribution >= 4 is 33.2 Å². The molecule has 2 N–H and O–H groups in total. The summed E-state index contributed by atoms with van der Waals surface area (Å²) < 4.78 is 28.9. The van der Waals surface area contributed by atoms with Crippen molar-refractivity contribution in [3.63, 3.8) is 0 Å². The van der Waals surface area contributed by atoms with Gasteiger partial charge in [0.15, 0.2) is 0 Å². The number of amides is 2. The van der Waals surface area contributed by atoms with E-state index in [-0.39, 0.29) is 22.8 Å². The molecule has 0 saturated heterocycles. The Morgan fingerprint density at radius 3 is 2.21 bits per heavy atom. The van der Waals surface area contributed by atoms with Gasteiger partial charge in [-0.25, -0.2) is 8.42 Å². The van der Waals surface area contributed by atoms with Crippen LogP contribution >= 0.6 is 0 Å². The van der Waals surface area contributed by atoms with E-state index in [1.807, 2.05) is 31.2 Å². The van der Waals surface area contributed by atoms with Crippen molar-refractivity contribution in [2.24, 2.45) is 5.92 Å². The SMILES string of the molecule is CC(=O)N1c2ccc(S(=O)(=O)N[C@@H](C(=O)Nc3ccc(C(C)C)cc3)C(C)C)cc2C[C@H]1C. The van der Waals surface area contributed by atoms with Crippen LogP contribution in [-0.2, 0) is 26.0 Å². The van der Waals surface area contributed by atoms with Crippen LogP contribution in [0, 0.1) is 5.92 Å². The molecule has 0 spiro atoms. The maximum Gasteiger partial charge on any atom is 0.242 e. The van der Waals surface area contributed by atoms with Crippen LogP contribution in [0.15, 0.2) is 47.4 Å². The van der Waals surface area contributed by atoms with Gasteiger partial charge in [-0.1, -0.05) is 39.8 Å². The van der Waals surface area contributed by atoms with E-state index in [0.29, 0.717) is 18.0 Å². The zero-order valence-electron chi connectivity index (χ0n) is 20.0. The van der Waals surface area contributed by atoms with Gasteiger partial charge in [-0.15, -0.1) is 0 Å². The summed E-state index contributed by atoms with van der Waals surface area (Å²) in [5.41, 5.74) is 3.31. The maximum atomic E-state index is 13.1. The lowest BCUT2D eigenvalue weighted by Crippen LogP contribution is -2.47. The summed E-state index contributed by atoms with van der Waals surface area (Å²) in [5.74, 6) is -0.378. The summed E-state index contributed by atoms with van der Waals surface area (Å²) in [5, 5.41) is 2.82. The molecule has 8 heteroatoms. The standard InChI is InChI=1S/C25H33N3O4S/c1-15(2)19-7-9-21(10-8-19)26-25(30)24(16(3)4)27-33(31,32)22-11-12-23-20(14-22)13-17(5)28(23)18(6)29/h7-12,14-17,24,27H,13H2,1-6H3,(H,26,30)/t17-,24-/m1/s1. The van der Waals surface area contributed by atoms with Gasteiger partial charge in [0.25, 0.3) is 0 Å². The van der Waals surface area contributed by atoms with Crippen LogP contribution < -0.4 is 14.9 Å². The Labute approximate surface area is 196 Å². The van der Waals surface area contributed by atoms with E-state index in [4.69, 9.17) is 0 Å². The van der Waals surface area contributed by atoms with Gasteiger partial charge in [0.1, 0.15) is 6.04 Å². The highest BCUT2D eigenvalue weighted by Gasteiger charge is 2.32. The number of rotatable bonds is 7. The summed E-state index contributed by atoms with van der Waals surface area (Å²) in [6.45, 7) is 11.2. The molecule has 3 rings (SSSR count). The molecule has 7 nitrogen and oxygen atoms in total. The highest BCUT2D eigenvalue weighted by Crippen LogP contribution is 2.34. The summed E-state index contributed by atoms with van der Waals surface area (Å²) in [6.07, 6.45) is 0.582. The molecule has 0 aromatic heterocycles. The Morgan fingerprint density at radius 1 is 1.03 bits per heavy atom. The molecule has 0 bridgehead atoms. The Hall–Kier alpha value is -2.71. The number of nitrogens with zero attached hydrogens (tertiary/aromatic N) is 1. The van der Waals surface area contributed by atoms with E-state index < -0.39 is 22.0 Å². The highest BCUT2D eigenvalue weighted by atomic mass is 32.2. The lowest BCUT2D eigenvalue weighted by Gasteiger charge is -2.22. The lowest BCUT2D eigenvalue weighted by molar-refractivity contribution is -0.118. The Bertz CT molecular complexity index is 1140. The van der Waals surface area contributed by atoms with Gasteiger partial charge in [0, 0.05) is 24.3 Å². The molecule has 2 aromatic rings. The second-order valence-corrected chi connectivity index (χ2v) is 11.1. The number of hydrogen-bond acceptors (Lipinski definition) is 4. The number of anilines is 2. The van der Waals surface area contributed by atoms with Gasteiger partial charge < -0.3 is 10.2 Å². The second-order valence-electron chi connectivity index (χ2n) is 9.34. The predicted molar refractivity (Wildman–Crippen MR) is 131 cm³/mol. The Kier molecular flexibility index (Phi) is 7.29. The van der Waals surface area contributed by atoms with Crippen LogP contribution in [0.25, 0.3) is 0 Å². The van der Waals surface area contributed by atoms with Gasteiger partial charge in [-0.3, -0.25) is 9.59 Å². The number of nitrogens with one attached hydrogen (secondary N) is 2. The zero-order valence-corrected chi connectivity index (χ0v) is 20.9. The number of carbonyl (C=O) groups excluding carboxylic acids is 2. The fourth-order valence-corrected chi connectivity index (χ4v) is 5.55. The van der Waals surface area contributed by atoms with Gasteiger partial charge >= 0.3 is 0 Å². The minimum Gasteiger partial charge on any atom is -0.325 e. The quantitative estimate of drug-likeness (QED) is 0.637. The minimum absolute atomic E-state index is 0.0281. The summed E-state index contributed by atoms with van der Waals surface area (Å²) in [6, 6.07) is 11.3. The molecular weight excluding hydrogens is 438 g/mol. The molecule has 0 fully saturated rings. The molecule has 1 heterocycles. The average Bonchev–Trinajstić information content (AvgIpc) is 3.07. The first-order valence-electron chi connectivity index (χ1n) is 11.3. The van der Waals surface area contributed by atoms with Crippen LogP contribution in [-0.4, -0.2) is 32.3 Å². The van der Waals surface area contributed by atoms with Crippen LogP contribution in [0.2, 0.25) is 0 Å². The third-order valence-corrected chi connectivity index (χ3v) is 7.43. The number of sulfonamides is 1. The van der Waals surface area contributed by atoms with Gasteiger partial charge in [-0.2, -0.15) is 4.72 Å². The second kappa shape index (κ2) is 9.65. The molecule has 1 aliphatic rings. The van der Waals surface area contributed by atoms with Crippen molar-refractivity contribution < 1.29 is 18.0 Å². The summed E-state index contributed by atoms with van der Waals surface area (Å²) >= 11 is 0. The van der Waals surface area contributed by atoms with E-state index in [1.54, 1.807) is 30.9 Å². The van der Waals surface area contributed by atoms with Crippen molar-refractivity contribution in [3.05, 3.63) is 53.6 Å². The monoisotopic (exact) mass is 471 g/mol. The van der Waals surface area contributed by atoms with Crippen molar-refractivity contribution in [2.75, 3.05) is 10.2 Å². The van der Waals surface area contributed by atoms with E-state index in [9.17, 15) is 18.0 Å². The molecule has 2 atom stereocenters. The number of fused-ring (bicyclic) bond motifs is 1. The molecule has 1 aliphatic heterocycles. The van der Waals surface area contributed by atoms with Crippen LogP contribution in [0.4, 0.5) is 11.4 Å². The fraction of sp³-hybridized carbons (Fsp3) is 0.440.